The van der Waals surface area contributed by atoms with Crippen LogP contribution in [-0.2, 0) is 12.8 Å². The van der Waals surface area contributed by atoms with Crippen molar-refractivity contribution in [1.29, 1.82) is 0 Å². The number of aromatic nitrogens is 2. The van der Waals surface area contributed by atoms with E-state index in [0.717, 1.165) is 36.2 Å². The van der Waals surface area contributed by atoms with Crippen molar-refractivity contribution in [2.75, 3.05) is 0 Å². The average molecular weight is 258 g/mol. The van der Waals surface area contributed by atoms with E-state index in [4.69, 9.17) is 0 Å². The van der Waals surface area contributed by atoms with E-state index in [1.807, 2.05) is 30.3 Å². The first-order valence-electron chi connectivity index (χ1n) is 6.98. The summed E-state index contributed by atoms with van der Waals surface area (Å²) in [6.07, 6.45) is 2.79. The van der Waals surface area contributed by atoms with Crippen LogP contribution in [0.3, 0.4) is 0 Å². The Morgan fingerprint density at radius 3 is 2.47 bits per heavy atom. The molecule has 0 unspecified atom stereocenters. The molecular weight excluding hydrogens is 236 g/mol. The largest absolute Gasteiger partial charge is 0.493 e. The van der Waals surface area contributed by atoms with Gasteiger partial charge in [0, 0.05) is 5.56 Å². The van der Waals surface area contributed by atoms with Crippen LogP contribution in [0.5, 0.6) is 5.88 Å². The van der Waals surface area contributed by atoms with Crippen molar-refractivity contribution >= 4 is 0 Å². The number of nitrogens with zero attached hydrogens (tertiary/aromatic N) is 2. The minimum Gasteiger partial charge on any atom is -0.493 e. The van der Waals surface area contributed by atoms with Crippen LogP contribution in [0.25, 0.3) is 5.69 Å². The summed E-state index contributed by atoms with van der Waals surface area (Å²) in [4.78, 5) is 0. The molecule has 3 heteroatoms. The first kappa shape index (κ1) is 13.7. The number of hydrogen-bond acceptors (Lipinski definition) is 2. The molecule has 0 aliphatic heterocycles. The predicted molar refractivity (Wildman–Crippen MR) is 77.8 cm³/mol. The molecule has 19 heavy (non-hydrogen) atoms. The van der Waals surface area contributed by atoms with Gasteiger partial charge in [0.2, 0.25) is 5.88 Å². The van der Waals surface area contributed by atoms with Crippen LogP contribution < -0.4 is 0 Å². The van der Waals surface area contributed by atoms with Crippen molar-refractivity contribution in [3.8, 4) is 11.6 Å². The summed E-state index contributed by atoms with van der Waals surface area (Å²) in [5.41, 5.74) is 2.94. The van der Waals surface area contributed by atoms with Gasteiger partial charge in [-0.15, -0.1) is 0 Å². The molecule has 0 atom stereocenters. The Kier molecular flexibility index (Phi) is 4.25. The summed E-state index contributed by atoms with van der Waals surface area (Å²) in [5, 5.41) is 15.0. The lowest BCUT2D eigenvalue weighted by molar-refractivity contribution is 0.427. The molecule has 1 heterocycles. The highest BCUT2D eigenvalue weighted by Crippen LogP contribution is 2.27. The van der Waals surface area contributed by atoms with Gasteiger partial charge in [0.25, 0.3) is 0 Å². The Labute approximate surface area is 114 Å². The summed E-state index contributed by atoms with van der Waals surface area (Å²) >= 11 is 0. The monoisotopic (exact) mass is 258 g/mol. The molecule has 0 amide bonds. The molecule has 0 aliphatic rings. The summed E-state index contributed by atoms with van der Waals surface area (Å²) in [6, 6.07) is 9.80. The summed E-state index contributed by atoms with van der Waals surface area (Å²) in [5.74, 6) is 0.831. The van der Waals surface area contributed by atoms with Crippen molar-refractivity contribution in [1.82, 2.24) is 9.78 Å². The molecule has 0 saturated heterocycles. The van der Waals surface area contributed by atoms with E-state index < -0.39 is 0 Å². The van der Waals surface area contributed by atoms with Crippen molar-refractivity contribution in [2.45, 2.75) is 40.0 Å². The van der Waals surface area contributed by atoms with Crippen molar-refractivity contribution < 1.29 is 5.11 Å². The third kappa shape index (κ3) is 2.98. The molecule has 0 aliphatic carbocycles. The second-order valence-electron chi connectivity index (χ2n) is 5.34. The fraction of sp³-hybridized carbons (Fsp3) is 0.438. The average Bonchev–Trinajstić information content (AvgIpc) is 2.68. The second-order valence-corrected chi connectivity index (χ2v) is 5.34. The highest BCUT2D eigenvalue weighted by molar-refractivity contribution is 5.40. The van der Waals surface area contributed by atoms with Gasteiger partial charge in [0.1, 0.15) is 0 Å². The van der Waals surface area contributed by atoms with Gasteiger partial charge >= 0.3 is 0 Å². The standard InChI is InChI=1S/C16H22N2O/c1-4-8-14-15(11-12(2)3)17-18(16(14)19)13-9-6-5-7-10-13/h5-7,9-10,12,19H,4,8,11H2,1-3H3. The van der Waals surface area contributed by atoms with Crippen LogP contribution in [0.2, 0.25) is 0 Å². The summed E-state index contributed by atoms with van der Waals surface area (Å²) < 4.78 is 1.66. The Bertz CT molecular complexity index is 529. The fourth-order valence-electron chi connectivity index (χ4n) is 2.29. The molecule has 2 aromatic rings. The fourth-order valence-corrected chi connectivity index (χ4v) is 2.29. The van der Waals surface area contributed by atoms with E-state index in [1.54, 1.807) is 4.68 Å². The molecule has 0 bridgehead atoms. The Hall–Kier alpha value is -1.77. The quantitative estimate of drug-likeness (QED) is 0.887. The molecule has 0 saturated carbocycles. The zero-order chi connectivity index (χ0) is 13.8. The van der Waals surface area contributed by atoms with E-state index in [9.17, 15) is 5.11 Å². The molecule has 0 radical (unpaired) electrons. The number of rotatable bonds is 5. The van der Waals surface area contributed by atoms with Gasteiger partial charge in [-0.25, -0.2) is 4.68 Å². The van der Waals surface area contributed by atoms with E-state index in [2.05, 4.69) is 25.9 Å². The highest BCUT2D eigenvalue weighted by Gasteiger charge is 2.18. The lowest BCUT2D eigenvalue weighted by atomic mass is 10.0. The second kappa shape index (κ2) is 5.91. The minimum absolute atomic E-state index is 0.295. The zero-order valence-corrected chi connectivity index (χ0v) is 11.9. The number of benzene rings is 1. The molecule has 2 rings (SSSR count). The Balaban J connectivity index is 2.45. The van der Waals surface area contributed by atoms with Crippen LogP contribution in [-0.4, -0.2) is 14.9 Å². The van der Waals surface area contributed by atoms with E-state index in [-0.39, 0.29) is 0 Å². The number of hydrogen-bond donors (Lipinski definition) is 1. The third-order valence-corrected chi connectivity index (χ3v) is 3.14. The molecule has 1 aromatic carbocycles. The van der Waals surface area contributed by atoms with Gasteiger partial charge in [-0.05, 0) is 30.9 Å². The van der Waals surface area contributed by atoms with Gasteiger partial charge in [-0.3, -0.25) is 0 Å². The normalized spacial score (nSPS) is 11.2. The topological polar surface area (TPSA) is 38.0 Å². The van der Waals surface area contributed by atoms with Crippen LogP contribution in [0.1, 0.15) is 38.4 Å². The SMILES string of the molecule is CCCc1c(CC(C)C)nn(-c2ccccc2)c1O. The van der Waals surface area contributed by atoms with Gasteiger partial charge < -0.3 is 5.11 Å². The molecule has 3 nitrogen and oxygen atoms in total. The maximum absolute atomic E-state index is 10.4. The summed E-state index contributed by atoms with van der Waals surface area (Å²) in [6.45, 7) is 6.47. The maximum Gasteiger partial charge on any atom is 0.217 e. The summed E-state index contributed by atoms with van der Waals surface area (Å²) in [7, 11) is 0. The van der Waals surface area contributed by atoms with Gasteiger partial charge in [-0.2, -0.15) is 5.10 Å². The maximum atomic E-state index is 10.4. The van der Waals surface area contributed by atoms with Crippen molar-refractivity contribution in [2.24, 2.45) is 5.92 Å². The van der Waals surface area contributed by atoms with Gasteiger partial charge in [0.05, 0.1) is 11.4 Å². The lowest BCUT2D eigenvalue weighted by Gasteiger charge is -2.03. The molecule has 1 N–H and O–H groups in total. The smallest absolute Gasteiger partial charge is 0.217 e. The minimum atomic E-state index is 0.295. The van der Waals surface area contributed by atoms with Crippen LogP contribution >= 0.6 is 0 Å². The zero-order valence-electron chi connectivity index (χ0n) is 11.9. The number of para-hydroxylation sites is 1. The lowest BCUT2D eigenvalue weighted by Crippen LogP contribution is -2.00. The van der Waals surface area contributed by atoms with E-state index >= 15 is 0 Å². The van der Waals surface area contributed by atoms with Gasteiger partial charge in [0.15, 0.2) is 0 Å². The van der Waals surface area contributed by atoms with Crippen LogP contribution in [0.15, 0.2) is 30.3 Å². The van der Waals surface area contributed by atoms with Crippen molar-refractivity contribution in [3.63, 3.8) is 0 Å². The van der Waals surface area contributed by atoms with E-state index in [0.29, 0.717) is 11.8 Å². The van der Waals surface area contributed by atoms with Crippen molar-refractivity contribution in [3.05, 3.63) is 41.6 Å². The molecular formula is C16H22N2O. The molecule has 102 valence electrons. The van der Waals surface area contributed by atoms with E-state index in [1.165, 1.54) is 0 Å². The molecule has 0 spiro atoms. The van der Waals surface area contributed by atoms with Gasteiger partial charge in [-0.1, -0.05) is 45.4 Å². The highest BCUT2D eigenvalue weighted by atomic mass is 16.3. The molecule has 1 aromatic heterocycles. The first-order chi connectivity index (χ1) is 9.13. The first-order valence-corrected chi connectivity index (χ1v) is 6.98. The third-order valence-electron chi connectivity index (χ3n) is 3.14. The predicted octanol–water partition coefficient (Wildman–Crippen LogP) is 3.73. The van der Waals surface area contributed by atoms with Crippen LogP contribution in [0, 0.1) is 5.92 Å². The molecule has 0 fully saturated rings. The number of aromatic hydroxyl groups is 1. The Morgan fingerprint density at radius 2 is 1.89 bits per heavy atom. The Morgan fingerprint density at radius 1 is 1.21 bits per heavy atom. The van der Waals surface area contributed by atoms with Crippen LogP contribution in [0.4, 0.5) is 0 Å².